The van der Waals surface area contributed by atoms with Gasteiger partial charge in [-0.3, -0.25) is 4.79 Å². The predicted octanol–water partition coefficient (Wildman–Crippen LogP) is 5.87. The molecule has 6 heteroatoms. The van der Waals surface area contributed by atoms with Crippen molar-refractivity contribution >= 4 is 33.5 Å². The van der Waals surface area contributed by atoms with Crippen LogP contribution in [0.1, 0.15) is 27.4 Å². The van der Waals surface area contributed by atoms with Crippen molar-refractivity contribution in [1.29, 1.82) is 10.5 Å². The molecule has 0 aliphatic carbocycles. The molecule has 0 saturated carbocycles. The normalized spacial score (nSPS) is 22.1. The summed E-state index contributed by atoms with van der Waals surface area (Å²) in [4.78, 5) is 15.9. The smallest absolute Gasteiger partial charge is 0.185 e. The Balaban J connectivity index is 1.78. The largest absolute Gasteiger partial charge is 0.351 e. The number of Topliss-reactive ketones (excluding diaryl/α,β-unsaturated/α-hetero) is 1. The first-order valence-corrected chi connectivity index (χ1v) is 11.2. The summed E-state index contributed by atoms with van der Waals surface area (Å²) in [5.41, 5.74) is 1.26. The zero-order valence-corrected chi connectivity index (χ0v) is 18.9. The minimum absolute atomic E-state index is 0.259. The first-order chi connectivity index (χ1) is 16.0. The summed E-state index contributed by atoms with van der Waals surface area (Å²) in [6.07, 6.45) is 3.75. The molecule has 0 bridgehead atoms. The summed E-state index contributed by atoms with van der Waals surface area (Å²) in [7, 11) is 0. The number of fused-ring (bicyclic) bond motifs is 3. The van der Waals surface area contributed by atoms with Gasteiger partial charge >= 0.3 is 0 Å². The minimum atomic E-state index is -1.50. The molecule has 0 amide bonds. The standard InChI is InChI=1S/C27H17BrFN3O/c28-20-10-5-18(6-11-20)24-25(26(33)19-7-12-21(29)13-8-19)32-22-4-2-1-3-17(22)9-14-23(32)27(24,15-30)16-31/h1-14,23-25H/t23-,24+,25-/m1/s1. The number of rotatable bonds is 3. The summed E-state index contributed by atoms with van der Waals surface area (Å²) in [5, 5.41) is 20.8. The lowest BCUT2D eigenvalue weighted by Crippen LogP contribution is -2.44. The Morgan fingerprint density at radius 1 is 0.970 bits per heavy atom. The van der Waals surface area contributed by atoms with Gasteiger partial charge in [-0.05, 0) is 53.6 Å². The molecule has 0 N–H and O–H groups in total. The fourth-order valence-electron chi connectivity index (χ4n) is 5.06. The van der Waals surface area contributed by atoms with E-state index in [1.54, 1.807) is 0 Å². The maximum absolute atomic E-state index is 14.0. The summed E-state index contributed by atoms with van der Waals surface area (Å²) in [5.74, 6) is -1.42. The highest BCUT2D eigenvalue weighted by Gasteiger charge is 2.63. The van der Waals surface area contributed by atoms with Gasteiger partial charge in [-0.25, -0.2) is 4.39 Å². The van der Waals surface area contributed by atoms with E-state index in [0.717, 1.165) is 21.3 Å². The van der Waals surface area contributed by atoms with Gasteiger partial charge < -0.3 is 4.90 Å². The van der Waals surface area contributed by atoms with Gasteiger partial charge in [0.2, 0.25) is 0 Å². The van der Waals surface area contributed by atoms with Crippen molar-refractivity contribution in [3.63, 3.8) is 0 Å². The van der Waals surface area contributed by atoms with Crippen molar-refractivity contribution < 1.29 is 9.18 Å². The monoisotopic (exact) mass is 497 g/mol. The third-order valence-corrected chi connectivity index (χ3v) is 7.07. The van der Waals surface area contributed by atoms with Crippen LogP contribution in [0.5, 0.6) is 0 Å². The molecule has 5 rings (SSSR count). The molecule has 160 valence electrons. The van der Waals surface area contributed by atoms with Crippen LogP contribution >= 0.6 is 15.9 Å². The molecule has 3 aromatic carbocycles. The molecule has 2 aliphatic heterocycles. The summed E-state index contributed by atoms with van der Waals surface area (Å²) in [6, 6.07) is 23.5. The van der Waals surface area contributed by atoms with E-state index >= 15 is 0 Å². The Labute approximate surface area is 199 Å². The number of nitrogens with zero attached hydrogens (tertiary/aromatic N) is 3. The number of benzene rings is 3. The van der Waals surface area contributed by atoms with Crippen LogP contribution in [-0.4, -0.2) is 17.9 Å². The molecule has 3 atom stereocenters. The van der Waals surface area contributed by atoms with E-state index in [9.17, 15) is 19.7 Å². The Bertz CT molecular complexity index is 1340. The molecule has 1 saturated heterocycles. The highest BCUT2D eigenvalue weighted by molar-refractivity contribution is 9.10. The van der Waals surface area contributed by atoms with Gasteiger partial charge in [0.1, 0.15) is 11.9 Å². The highest BCUT2D eigenvalue weighted by atomic mass is 79.9. The molecule has 4 nitrogen and oxygen atoms in total. The summed E-state index contributed by atoms with van der Waals surface area (Å²) in [6.45, 7) is 0. The topological polar surface area (TPSA) is 67.9 Å². The fraction of sp³-hybridized carbons (Fsp3) is 0.148. The average molecular weight is 498 g/mol. The number of anilines is 1. The summed E-state index contributed by atoms with van der Waals surface area (Å²) >= 11 is 3.43. The molecule has 2 heterocycles. The van der Waals surface area contributed by atoms with Crippen molar-refractivity contribution in [2.24, 2.45) is 5.41 Å². The van der Waals surface area contributed by atoms with Gasteiger partial charge in [0.05, 0.1) is 18.2 Å². The van der Waals surface area contributed by atoms with E-state index < -0.39 is 29.2 Å². The predicted molar refractivity (Wildman–Crippen MR) is 127 cm³/mol. The van der Waals surface area contributed by atoms with Crippen molar-refractivity contribution in [2.75, 3.05) is 4.90 Å². The number of nitriles is 2. The Kier molecular flexibility index (Phi) is 5.12. The number of halogens is 2. The van der Waals surface area contributed by atoms with Gasteiger partial charge in [0.15, 0.2) is 11.2 Å². The van der Waals surface area contributed by atoms with Crippen LogP contribution in [0.4, 0.5) is 10.1 Å². The van der Waals surface area contributed by atoms with Gasteiger partial charge in [-0.15, -0.1) is 0 Å². The SMILES string of the molecule is N#CC1(C#N)[C@@H](c2ccc(Br)cc2)[C@H](C(=O)c2ccc(F)cc2)N2c3ccccc3C=C[C@@H]21. The van der Waals surface area contributed by atoms with E-state index in [1.165, 1.54) is 24.3 Å². The molecular weight excluding hydrogens is 481 g/mol. The van der Waals surface area contributed by atoms with E-state index in [-0.39, 0.29) is 5.78 Å². The fourth-order valence-corrected chi connectivity index (χ4v) is 5.33. The molecular formula is C27H17BrFN3O. The van der Waals surface area contributed by atoms with Crippen LogP contribution in [-0.2, 0) is 0 Å². The van der Waals surface area contributed by atoms with Crippen molar-refractivity contribution in [1.82, 2.24) is 0 Å². The van der Waals surface area contributed by atoms with Crippen LogP contribution in [0, 0.1) is 33.9 Å². The second kappa shape index (κ2) is 7.99. The lowest BCUT2D eigenvalue weighted by atomic mass is 9.69. The zero-order chi connectivity index (χ0) is 23.2. The summed E-state index contributed by atoms with van der Waals surface area (Å²) < 4.78 is 14.4. The average Bonchev–Trinajstić information content (AvgIpc) is 3.15. The van der Waals surface area contributed by atoms with Crippen LogP contribution in [0.15, 0.2) is 83.3 Å². The third kappa shape index (κ3) is 3.18. The number of carbonyl (C=O) groups excluding carboxylic acids is 1. The van der Waals surface area contributed by atoms with Crippen molar-refractivity contribution in [3.8, 4) is 12.1 Å². The van der Waals surface area contributed by atoms with Gasteiger partial charge in [0.25, 0.3) is 0 Å². The zero-order valence-electron chi connectivity index (χ0n) is 17.3. The molecule has 0 spiro atoms. The Morgan fingerprint density at radius 3 is 2.30 bits per heavy atom. The molecule has 0 unspecified atom stereocenters. The van der Waals surface area contributed by atoms with Crippen LogP contribution in [0.2, 0.25) is 0 Å². The van der Waals surface area contributed by atoms with Crippen LogP contribution in [0.3, 0.4) is 0 Å². The number of ketones is 1. The number of carbonyl (C=O) groups is 1. The second-order valence-corrected chi connectivity index (χ2v) is 9.12. The lowest BCUT2D eigenvalue weighted by molar-refractivity contribution is 0.0951. The van der Waals surface area contributed by atoms with Gasteiger partial charge in [-0.2, -0.15) is 10.5 Å². The number of hydrogen-bond donors (Lipinski definition) is 0. The molecule has 33 heavy (non-hydrogen) atoms. The minimum Gasteiger partial charge on any atom is -0.351 e. The molecule has 2 aliphatic rings. The third-order valence-electron chi connectivity index (χ3n) is 6.54. The first-order valence-electron chi connectivity index (χ1n) is 10.4. The molecule has 0 aromatic heterocycles. The molecule has 0 radical (unpaired) electrons. The highest BCUT2D eigenvalue weighted by Crippen LogP contribution is 2.55. The first kappa shape index (κ1) is 21.1. The van der Waals surface area contributed by atoms with Gasteiger partial charge in [0, 0.05) is 21.6 Å². The van der Waals surface area contributed by atoms with E-state index in [1.807, 2.05) is 65.6 Å². The van der Waals surface area contributed by atoms with Crippen LogP contribution < -0.4 is 4.90 Å². The Morgan fingerprint density at radius 2 is 1.64 bits per heavy atom. The number of para-hydroxylation sites is 1. The van der Waals surface area contributed by atoms with Gasteiger partial charge in [-0.1, -0.05) is 58.4 Å². The maximum atomic E-state index is 14.0. The van der Waals surface area contributed by atoms with Crippen LogP contribution in [0.25, 0.3) is 6.08 Å². The Hall–Kier alpha value is -3.74. The second-order valence-electron chi connectivity index (χ2n) is 8.21. The van der Waals surface area contributed by atoms with Crippen molar-refractivity contribution in [3.05, 3.63) is 106 Å². The number of hydrogen-bond acceptors (Lipinski definition) is 4. The lowest BCUT2D eigenvalue weighted by Gasteiger charge is -2.35. The van der Waals surface area contributed by atoms with E-state index in [2.05, 4.69) is 28.1 Å². The maximum Gasteiger partial charge on any atom is 0.185 e. The van der Waals surface area contributed by atoms with Crippen molar-refractivity contribution in [2.45, 2.75) is 18.0 Å². The quantitative estimate of drug-likeness (QED) is 0.424. The molecule has 3 aromatic rings. The molecule has 1 fully saturated rings. The van der Waals surface area contributed by atoms with E-state index in [4.69, 9.17) is 0 Å². The van der Waals surface area contributed by atoms with E-state index in [0.29, 0.717) is 5.56 Å².